The molecular formula is C20H27N3O4. The van der Waals surface area contributed by atoms with Crippen molar-refractivity contribution < 1.29 is 19.1 Å². The van der Waals surface area contributed by atoms with Crippen LogP contribution >= 0.6 is 0 Å². The van der Waals surface area contributed by atoms with Crippen LogP contribution in [0, 0.1) is 11.8 Å². The summed E-state index contributed by atoms with van der Waals surface area (Å²) in [6.45, 7) is 3.80. The van der Waals surface area contributed by atoms with Crippen LogP contribution in [0.15, 0.2) is 24.3 Å². The molecule has 0 aromatic heterocycles. The topological polar surface area (TPSA) is 79.0 Å². The van der Waals surface area contributed by atoms with E-state index in [0.717, 1.165) is 16.2 Å². The van der Waals surface area contributed by atoms with Gasteiger partial charge in [-0.1, -0.05) is 19.1 Å². The van der Waals surface area contributed by atoms with Crippen molar-refractivity contribution in [2.75, 3.05) is 32.6 Å². The number of esters is 1. The molecule has 27 heavy (non-hydrogen) atoms. The summed E-state index contributed by atoms with van der Waals surface area (Å²) in [5.74, 6) is -2.40. The smallest absolute Gasteiger partial charge is 0.327 e. The van der Waals surface area contributed by atoms with E-state index < -0.39 is 29.4 Å². The second-order valence-electron chi connectivity index (χ2n) is 7.39. The van der Waals surface area contributed by atoms with E-state index in [2.05, 4.69) is 5.32 Å². The normalized spacial score (nSPS) is 29.8. The molecule has 0 spiro atoms. The number of fused-ring (bicyclic) bond motifs is 1. The highest BCUT2D eigenvalue weighted by molar-refractivity contribution is 6.09. The minimum atomic E-state index is -1.19. The standard InChI is InChI=1S/C20H27N3O4/c1-6-20(19(26)27-7-2)15-14(17(24)23(5)18(15)25)16(21-20)12-8-10-13(11-9-12)22(3)4/h8-11,14-16,21H,6-7H2,1-5H3/t14-,15+,16+,20+/m0/s1. The molecule has 0 bridgehead atoms. The van der Waals surface area contributed by atoms with Gasteiger partial charge in [0.15, 0.2) is 0 Å². The second kappa shape index (κ2) is 6.96. The summed E-state index contributed by atoms with van der Waals surface area (Å²) in [7, 11) is 5.40. The number of likely N-dealkylation sites (tertiary alicyclic amines) is 1. The maximum Gasteiger partial charge on any atom is 0.327 e. The number of amides is 2. The largest absolute Gasteiger partial charge is 0.465 e. The van der Waals surface area contributed by atoms with Gasteiger partial charge in [-0.15, -0.1) is 0 Å². The molecule has 2 aliphatic heterocycles. The van der Waals surface area contributed by atoms with Crippen molar-refractivity contribution in [2.24, 2.45) is 11.8 Å². The quantitative estimate of drug-likeness (QED) is 0.620. The van der Waals surface area contributed by atoms with E-state index >= 15 is 0 Å². The lowest BCUT2D eigenvalue weighted by Crippen LogP contribution is -2.55. The molecule has 2 heterocycles. The first-order valence-corrected chi connectivity index (χ1v) is 9.32. The Balaban J connectivity index is 2.06. The van der Waals surface area contributed by atoms with E-state index in [1.165, 1.54) is 7.05 Å². The zero-order valence-corrected chi connectivity index (χ0v) is 16.5. The van der Waals surface area contributed by atoms with Crippen molar-refractivity contribution in [3.8, 4) is 0 Å². The summed E-state index contributed by atoms with van der Waals surface area (Å²) in [6.07, 6.45) is 0.367. The fourth-order valence-corrected chi connectivity index (χ4v) is 4.33. The lowest BCUT2D eigenvalue weighted by Gasteiger charge is -2.31. The average Bonchev–Trinajstić information content (AvgIpc) is 3.12. The number of anilines is 1. The summed E-state index contributed by atoms with van der Waals surface area (Å²) in [5, 5.41) is 3.33. The van der Waals surface area contributed by atoms with Gasteiger partial charge in [0.25, 0.3) is 0 Å². The molecular weight excluding hydrogens is 346 g/mol. The number of imide groups is 1. The number of carbonyl (C=O) groups excluding carboxylic acids is 3. The van der Waals surface area contributed by atoms with Crippen molar-refractivity contribution in [2.45, 2.75) is 31.8 Å². The number of nitrogens with one attached hydrogen (secondary N) is 1. The van der Waals surface area contributed by atoms with Crippen LogP contribution in [0.2, 0.25) is 0 Å². The number of benzene rings is 1. The lowest BCUT2D eigenvalue weighted by atomic mass is 9.78. The maximum absolute atomic E-state index is 12.9. The Morgan fingerprint density at radius 2 is 1.81 bits per heavy atom. The van der Waals surface area contributed by atoms with E-state index in [9.17, 15) is 14.4 Å². The van der Waals surface area contributed by atoms with Crippen LogP contribution < -0.4 is 10.2 Å². The molecule has 4 atom stereocenters. The molecule has 1 N–H and O–H groups in total. The molecule has 2 fully saturated rings. The molecule has 7 nitrogen and oxygen atoms in total. The monoisotopic (exact) mass is 373 g/mol. The van der Waals surface area contributed by atoms with Crippen LogP contribution in [-0.2, 0) is 19.1 Å². The molecule has 2 aliphatic rings. The summed E-state index contributed by atoms with van der Waals surface area (Å²) in [5.41, 5.74) is 0.723. The SMILES string of the molecule is CCOC(=O)[C@]1(CC)N[C@H](c2ccc(N(C)C)cc2)[C@H]2C(=O)N(C)C(=O)[C@@H]21. The number of hydrogen-bond acceptors (Lipinski definition) is 6. The van der Waals surface area contributed by atoms with Gasteiger partial charge in [0, 0.05) is 32.9 Å². The Morgan fingerprint density at radius 3 is 2.33 bits per heavy atom. The first-order valence-electron chi connectivity index (χ1n) is 9.32. The Labute approximate surface area is 159 Å². The predicted octanol–water partition coefficient (Wildman–Crippen LogP) is 1.34. The second-order valence-corrected chi connectivity index (χ2v) is 7.39. The minimum Gasteiger partial charge on any atom is -0.465 e. The van der Waals surface area contributed by atoms with E-state index in [1.54, 1.807) is 6.92 Å². The van der Waals surface area contributed by atoms with Crippen molar-refractivity contribution in [1.29, 1.82) is 0 Å². The highest BCUT2D eigenvalue weighted by Gasteiger charge is 2.67. The first kappa shape index (κ1) is 19.4. The Kier molecular flexibility index (Phi) is 4.99. The summed E-state index contributed by atoms with van der Waals surface area (Å²) < 4.78 is 5.29. The third kappa shape index (κ3) is 2.81. The van der Waals surface area contributed by atoms with Crippen LogP contribution in [0.3, 0.4) is 0 Å². The molecule has 2 amide bonds. The summed E-state index contributed by atoms with van der Waals surface area (Å²) >= 11 is 0. The van der Waals surface area contributed by atoms with Gasteiger partial charge in [0.05, 0.1) is 18.4 Å². The van der Waals surface area contributed by atoms with Gasteiger partial charge in [-0.25, -0.2) is 0 Å². The number of nitrogens with zero attached hydrogens (tertiary/aromatic N) is 2. The fourth-order valence-electron chi connectivity index (χ4n) is 4.33. The van der Waals surface area contributed by atoms with Crippen LogP contribution in [0.5, 0.6) is 0 Å². The molecule has 1 aromatic carbocycles. The van der Waals surface area contributed by atoms with Crippen molar-refractivity contribution in [3.63, 3.8) is 0 Å². The van der Waals surface area contributed by atoms with Crippen LogP contribution in [-0.4, -0.2) is 56.0 Å². The number of rotatable bonds is 5. The van der Waals surface area contributed by atoms with E-state index in [4.69, 9.17) is 4.74 Å². The van der Waals surface area contributed by atoms with E-state index in [1.807, 2.05) is 50.2 Å². The van der Waals surface area contributed by atoms with E-state index in [-0.39, 0.29) is 18.4 Å². The molecule has 7 heteroatoms. The highest BCUT2D eigenvalue weighted by atomic mass is 16.5. The number of ether oxygens (including phenoxy) is 1. The van der Waals surface area contributed by atoms with Gasteiger partial charge in [0.1, 0.15) is 5.54 Å². The molecule has 146 valence electrons. The maximum atomic E-state index is 12.9. The number of hydrogen-bond donors (Lipinski definition) is 1. The molecule has 0 unspecified atom stereocenters. The van der Waals surface area contributed by atoms with Gasteiger partial charge in [-0.3, -0.25) is 24.6 Å². The van der Waals surface area contributed by atoms with Crippen molar-refractivity contribution in [3.05, 3.63) is 29.8 Å². The zero-order valence-electron chi connectivity index (χ0n) is 16.5. The third-order valence-electron chi connectivity index (χ3n) is 5.84. The molecule has 3 rings (SSSR count). The number of carbonyl (C=O) groups is 3. The van der Waals surface area contributed by atoms with E-state index in [0.29, 0.717) is 6.42 Å². The van der Waals surface area contributed by atoms with Gasteiger partial charge in [-0.05, 0) is 31.0 Å². The molecule has 1 aromatic rings. The molecule has 0 radical (unpaired) electrons. The van der Waals surface area contributed by atoms with Gasteiger partial charge < -0.3 is 9.64 Å². The van der Waals surface area contributed by atoms with Crippen molar-refractivity contribution in [1.82, 2.24) is 10.2 Å². The first-order chi connectivity index (χ1) is 12.8. The summed E-state index contributed by atoms with van der Waals surface area (Å²) in [4.78, 5) is 41.7. The average molecular weight is 373 g/mol. The Bertz CT molecular complexity index is 761. The zero-order chi connectivity index (χ0) is 19.9. The summed E-state index contributed by atoms with van der Waals surface area (Å²) in [6, 6.07) is 7.39. The van der Waals surface area contributed by atoms with Crippen molar-refractivity contribution >= 4 is 23.5 Å². The minimum absolute atomic E-state index is 0.222. The predicted molar refractivity (Wildman–Crippen MR) is 101 cm³/mol. The van der Waals surface area contributed by atoms with Gasteiger partial charge in [0.2, 0.25) is 11.8 Å². The van der Waals surface area contributed by atoms with Gasteiger partial charge >= 0.3 is 5.97 Å². The lowest BCUT2D eigenvalue weighted by molar-refractivity contribution is -0.156. The third-order valence-corrected chi connectivity index (χ3v) is 5.84. The highest BCUT2D eigenvalue weighted by Crippen LogP contribution is 2.50. The van der Waals surface area contributed by atoms with Crippen LogP contribution in [0.4, 0.5) is 5.69 Å². The Hall–Kier alpha value is -2.41. The Morgan fingerprint density at radius 1 is 1.19 bits per heavy atom. The molecule has 0 saturated carbocycles. The fraction of sp³-hybridized carbons (Fsp3) is 0.550. The van der Waals surface area contributed by atoms with Crippen LogP contribution in [0.1, 0.15) is 31.9 Å². The van der Waals surface area contributed by atoms with Gasteiger partial charge in [-0.2, -0.15) is 0 Å². The van der Waals surface area contributed by atoms with Crippen LogP contribution in [0.25, 0.3) is 0 Å². The molecule has 0 aliphatic carbocycles. The molecule has 2 saturated heterocycles.